The second-order valence-electron chi connectivity index (χ2n) is 11.9. The summed E-state index contributed by atoms with van der Waals surface area (Å²) in [5, 5.41) is 30.3. The predicted molar refractivity (Wildman–Crippen MR) is 129 cm³/mol. The molecule has 3 rings (SSSR count). The van der Waals surface area contributed by atoms with Crippen LogP contribution in [0.1, 0.15) is 85.5 Å². The van der Waals surface area contributed by atoms with Gasteiger partial charge in [-0.05, 0) is 92.6 Å². The summed E-state index contributed by atoms with van der Waals surface area (Å²) in [6.07, 6.45) is 10.9. The van der Waals surface area contributed by atoms with E-state index in [1.807, 2.05) is 19.9 Å². The van der Waals surface area contributed by atoms with E-state index < -0.39 is 17.8 Å². The van der Waals surface area contributed by atoms with Crippen molar-refractivity contribution in [2.75, 3.05) is 6.67 Å². The molecule has 3 saturated carbocycles. The van der Waals surface area contributed by atoms with Crippen LogP contribution in [0.5, 0.6) is 0 Å². The molecule has 0 heterocycles. The van der Waals surface area contributed by atoms with Gasteiger partial charge in [-0.1, -0.05) is 51.0 Å². The minimum absolute atomic E-state index is 0.0656. The van der Waals surface area contributed by atoms with Gasteiger partial charge in [-0.25, -0.2) is 0 Å². The zero-order valence-corrected chi connectivity index (χ0v) is 20.6. The van der Waals surface area contributed by atoms with Crippen LogP contribution in [0.4, 0.5) is 4.39 Å². The summed E-state index contributed by atoms with van der Waals surface area (Å²) >= 11 is 0. The Morgan fingerprint density at radius 3 is 2.59 bits per heavy atom. The Morgan fingerprint density at radius 1 is 1.22 bits per heavy atom. The molecule has 0 spiro atoms. The van der Waals surface area contributed by atoms with E-state index in [9.17, 15) is 19.7 Å². The van der Waals surface area contributed by atoms with Gasteiger partial charge in [0.2, 0.25) is 0 Å². The summed E-state index contributed by atoms with van der Waals surface area (Å²) in [5.41, 5.74) is 2.46. The number of aliphatic hydroxyl groups is 3. The average Bonchev–Trinajstić information content (AvgIpc) is 3.05. The van der Waals surface area contributed by atoms with Crippen molar-refractivity contribution in [3.8, 4) is 0 Å². The standard InChI is InChI=1S/C28H45FO3/c1-18(7-6-12-27(3,4)32)24-10-11-25-22(13-20(17-29)16-28(24,25)5)9-8-21-14-23(30)15-26(31)19(21)2/h8-9,18,20,23-26,30-32H,2,6-7,10-17H2,1,3-5H3/b21-8+,22-9+/t18-,20+,23-,24-,25+,26+,28-/m1/s1. The Bertz CT molecular complexity index is 733. The summed E-state index contributed by atoms with van der Waals surface area (Å²) < 4.78 is 14.0. The lowest BCUT2D eigenvalue weighted by atomic mass is 9.58. The SMILES string of the molecule is C=C1/C(=C/C=C2\C[C@H](CF)C[C@]3(C)[C@@H]([C@H](C)CCCC(C)(C)O)CC[C@@H]23)C[C@@H](O)C[C@@H]1O. The lowest BCUT2D eigenvalue weighted by Gasteiger charge is -2.47. The van der Waals surface area contributed by atoms with Gasteiger partial charge in [0.25, 0.3) is 0 Å². The number of allylic oxidation sites excluding steroid dienone is 3. The monoisotopic (exact) mass is 448 g/mol. The van der Waals surface area contributed by atoms with Crippen molar-refractivity contribution in [2.24, 2.45) is 29.1 Å². The minimum Gasteiger partial charge on any atom is -0.393 e. The Hall–Kier alpha value is -0.970. The van der Waals surface area contributed by atoms with E-state index in [2.05, 4.69) is 26.5 Å². The van der Waals surface area contributed by atoms with E-state index in [1.165, 1.54) is 12.0 Å². The first-order chi connectivity index (χ1) is 14.9. The molecule has 3 fully saturated rings. The zero-order valence-electron chi connectivity index (χ0n) is 20.6. The van der Waals surface area contributed by atoms with Gasteiger partial charge in [0.15, 0.2) is 0 Å². The molecule has 182 valence electrons. The van der Waals surface area contributed by atoms with Crippen molar-refractivity contribution in [1.82, 2.24) is 0 Å². The quantitative estimate of drug-likeness (QED) is 0.454. The number of halogens is 1. The summed E-state index contributed by atoms with van der Waals surface area (Å²) in [5.74, 6) is 1.67. The number of aliphatic hydroxyl groups excluding tert-OH is 2. The highest BCUT2D eigenvalue weighted by Gasteiger charge is 2.52. The van der Waals surface area contributed by atoms with Crippen molar-refractivity contribution < 1.29 is 19.7 Å². The van der Waals surface area contributed by atoms with E-state index in [0.29, 0.717) is 36.2 Å². The molecule has 0 aliphatic heterocycles. The summed E-state index contributed by atoms with van der Waals surface area (Å²) in [6.45, 7) is 12.2. The number of hydrogen-bond acceptors (Lipinski definition) is 3. The fourth-order valence-corrected chi connectivity index (χ4v) is 7.09. The maximum atomic E-state index is 14.0. The van der Waals surface area contributed by atoms with Crippen LogP contribution < -0.4 is 0 Å². The van der Waals surface area contributed by atoms with Crippen LogP contribution in [-0.2, 0) is 0 Å². The van der Waals surface area contributed by atoms with Crippen LogP contribution >= 0.6 is 0 Å². The normalized spacial score (nSPS) is 39.5. The zero-order chi connectivity index (χ0) is 23.7. The van der Waals surface area contributed by atoms with Crippen LogP contribution in [0, 0.1) is 29.1 Å². The molecule has 3 aliphatic rings. The van der Waals surface area contributed by atoms with Crippen LogP contribution in [0.2, 0.25) is 0 Å². The molecule has 0 amide bonds. The molecule has 0 radical (unpaired) electrons. The molecule has 0 unspecified atom stereocenters. The first-order valence-electron chi connectivity index (χ1n) is 12.7. The van der Waals surface area contributed by atoms with Crippen molar-refractivity contribution in [1.29, 1.82) is 0 Å². The highest BCUT2D eigenvalue weighted by atomic mass is 19.1. The molecule has 0 bridgehead atoms. The van der Waals surface area contributed by atoms with Gasteiger partial charge in [-0.3, -0.25) is 4.39 Å². The highest BCUT2D eigenvalue weighted by molar-refractivity contribution is 5.38. The first-order valence-corrected chi connectivity index (χ1v) is 12.7. The highest BCUT2D eigenvalue weighted by Crippen LogP contribution is 2.61. The smallest absolute Gasteiger partial charge is 0.0925 e. The molecule has 3 aliphatic carbocycles. The number of fused-ring (bicyclic) bond motifs is 1. The lowest BCUT2D eigenvalue weighted by molar-refractivity contribution is 0.0486. The van der Waals surface area contributed by atoms with E-state index in [0.717, 1.165) is 44.1 Å². The molecule has 0 aromatic heterocycles. The summed E-state index contributed by atoms with van der Waals surface area (Å²) in [4.78, 5) is 0. The molecule has 3 nitrogen and oxygen atoms in total. The molecule has 4 heteroatoms. The topological polar surface area (TPSA) is 60.7 Å². The van der Waals surface area contributed by atoms with Gasteiger partial charge in [0.1, 0.15) is 0 Å². The third-order valence-electron chi connectivity index (χ3n) is 8.73. The van der Waals surface area contributed by atoms with E-state index in [1.54, 1.807) is 0 Å². The van der Waals surface area contributed by atoms with Gasteiger partial charge >= 0.3 is 0 Å². The van der Waals surface area contributed by atoms with Crippen molar-refractivity contribution in [3.63, 3.8) is 0 Å². The van der Waals surface area contributed by atoms with Crippen molar-refractivity contribution >= 4 is 0 Å². The fourth-order valence-electron chi connectivity index (χ4n) is 7.09. The van der Waals surface area contributed by atoms with Gasteiger partial charge in [-0.15, -0.1) is 0 Å². The third kappa shape index (κ3) is 5.74. The number of hydrogen-bond donors (Lipinski definition) is 3. The molecule has 0 aromatic carbocycles. The molecular weight excluding hydrogens is 403 g/mol. The van der Waals surface area contributed by atoms with E-state index in [4.69, 9.17) is 0 Å². The predicted octanol–water partition coefficient (Wildman–Crippen LogP) is 5.90. The molecule has 0 aromatic rings. The first kappa shape index (κ1) is 25.6. The van der Waals surface area contributed by atoms with Crippen molar-refractivity contribution in [2.45, 2.75) is 103 Å². The fraction of sp³-hybridized carbons (Fsp3) is 0.786. The third-order valence-corrected chi connectivity index (χ3v) is 8.73. The van der Waals surface area contributed by atoms with Crippen LogP contribution in [0.25, 0.3) is 0 Å². The Labute approximate surface area is 194 Å². The molecular formula is C28H45FO3. The van der Waals surface area contributed by atoms with Crippen LogP contribution in [0.15, 0.2) is 35.5 Å². The van der Waals surface area contributed by atoms with Crippen molar-refractivity contribution in [3.05, 3.63) is 35.5 Å². The van der Waals surface area contributed by atoms with E-state index in [-0.39, 0.29) is 18.0 Å². The maximum Gasteiger partial charge on any atom is 0.0925 e. The number of rotatable bonds is 7. The Kier molecular flexibility index (Phi) is 8.10. The second-order valence-corrected chi connectivity index (χ2v) is 11.9. The summed E-state index contributed by atoms with van der Waals surface area (Å²) in [6, 6.07) is 0. The van der Waals surface area contributed by atoms with E-state index >= 15 is 0 Å². The van der Waals surface area contributed by atoms with Crippen LogP contribution in [-0.4, -0.2) is 39.8 Å². The summed E-state index contributed by atoms with van der Waals surface area (Å²) in [7, 11) is 0. The molecule has 0 saturated heterocycles. The van der Waals surface area contributed by atoms with Gasteiger partial charge in [0.05, 0.1) is 24.5 Å². The molecule has 7 atom stereocenters. The maximum absolute atomic E-state index is 14.0. The molecule has 3 N–H and O–H groups in total. The van der Waals surface area contributed by atoms with Gasteiger partial charge in [-0.2, -0.15) is 0 Å². The Morgan fingerprint density at radius 2 is 1.94 bits per heavy atom. The van der Waals surface area contributed by atoms with Crippen LogP contribution in [0.3, 0.4) is 0 Å². The second kappa shape index (κ2) is 10.1. The lowest BCUT2D eigenvalue weighted by Crippen LogP contribution is -2.39. The van der Waals surface area contributed by atoms with Gasteiger partial charge < -0.3 is 15.3 Å². The molecule has 32 heavy (non-hydrogen) atoms. The minimum atomic E-state index is -0.681. The van der Waals surface area contributed by atoms with Gasteiger partial charge in [0, 0.05) is 6.42 Å². The largest absolute Gasteiger partial charge is 0.393 e. The Balaban J connectivity index is 1.78. The average molecular weight is 449 g/mol. The number of alkyl halides is 1.